The summed E-state index contributed by atoms with van der Waals surface area (Å²) in [6, 6.07) is 1.89. The molecule has 0 aliphatic carbocycles. The molecular weight excluding hydrogens is 341 g/mol. The first kappa shape index (κ1) is 14.5. The zero-order chi connectivity index (χ0) is 13.3. The van der Waals surface area contributed by atoms with Crippen LogP contribution in [0.25, 0.3) is 0 Å². The molecule has 18 heavy (non-hydrogen) atoms. The van der Waals surface area contributed by atoms with E-state index >= 15 is 0 Å². The lowest BCUT2D eigenvalue weighted by atomic mass is 9.98. The Morgan fingerprint density at radius 1 is 1.28 bits per heavy atom. The number of carbonyl (C=O) groups excluding carboxylic acids is 1. The third-order valence-corrected chi connectivity index (χ3v) is 5.22. The summed E-state index contributed by atoms with van der Waals surface area (Å²) >= 11 is 1.88. The molecule has 2 heterocycles. The SMILES string of the molecule is CC(C)N1CC(N2CCC(N(C)C(=O)I)CC2)C1. The molecule has 0 aromatic rings. The van der Waals surface area contributed by atoms with Crippen LogP contribution in [0.2, 0.25) is 0 Å². The van der Waals surface area contributed by atoms with Crippen LogP contribution in [-0.2, 0) is 0 Å². The molecule has 104 valence electrons. The van der Waals surface area contributed by atoms with Crippen LogP contribution < -0.4 is 0 Å². The lowest BCUT2D eigenvalue weighted by Crippen LogP contribution is -2.63. The van der Waals surface area contributed by atoms with Gasteiger partial charge < -0.3 is 4.90 Å². The van der Waals surface area contributed by atoms with Gasteiger partial charge in [0, 0.05) is 73.9 Å². The van der Waals surface area contributed by atoms with Gasteiger partial charge in [0.05, 0.1) is 0 Å². The van der Waals surface area contributed by atoms with Crippen molar-refractivity contribution >= 4 is 26.5 Å². The van der Waals surface area contributed by atoms with Gasteiger partial charge in [-0.15, -0.1) is 0 Å². The highest BCUT2D eigenvalue weighted by atomic mass is 127. The molecule has 0 saturated carbocycles. The topological polar surface area (TPSA) is 26.8 Å². The molecule has 5 heteroatoms. The highest BCUT2D eigenvalue weighted by Crippen LogP contribution is 2.23. The van der Waals surface area contributed by atoms with Crippen LogP contribution in [0.1, 0.15) is 26.7 Å². The van der Waals surface area contributed by atoms with E-state index in [0.717, 1.165) is 32.0 Å². The Balaban J connectivity index is 1.73. The molecule has 2 aliphatic heterocycles. The average molecular weight is 365 g/mol. The maximum Gasteiger partial charge on any atom is 0.283 e. The van der Waals surface area contributed by atoms with Crippen molar-refractivity contribution in [3.8, 4) is 0 Å². The molecule has 0 radical (unpaired) electrons. The summed E-state index contributed by atoms with van der Waals surface area (Å²) in [7, 11) is 1.93. The van der Waals surface area contributed by atoms with Gasteiger partial charge in [0.2, 0.25) is 0 Å². The van der Waals surface area contributed by atoms with E-state index in [2.05, 4.69) is 23.6 Å². The molecule has 4 nitrogen and oxygen atoms in total. The molecule has 2 fully saturated rings. The van der Waals surface area contributed by atoms with Crippen molar-refractivity contribution in [1.29, 1.82) is 0 Å². The lowest BCUT2D eigenvalue weighted by molar-refractivity contribution is -0.00343. The largest absolute Gasteiger partial charge is 0.334 e. The third-order valence-electron chi connectivity index (χ3n) is 4.46. The maximum absolute atomic E-state index is 11.3. The minimum absolute atomic E-state index is 0.167. The van der Waals surface area contributed by atoms with E-state index in [1.807, 2.05) is 34.5 Å². The number of likely N-dealkylation sites (tertiary alicyclic amines) is 2. The predicted molar refractivity (Wildman–Crippen MR) is 82.3 cm³/mol. The Labute approximate surface area is 124 Å². The van der Waals surface area contributed by atoms with Crippen LogP contribution in [0.3, 0.4) is 0 Å². The Hall–Kier alpha value is 0.120. The predicted octanol–water partition coefficient (Wildman–Crippen LogP) is 2.03. The van der Waals surface area contributed by atoms with Crippen molar-refractivity contribution in [2.75, 3.05) is 33.2 Å². The quantitative estimate of drug-likeness (QED) is 0.435. The minimum Gasteiger partial charge on any atom is -0.334 e. The number of amides is 1. The molecule has 0 unspecified atom stereocenters. The molecule has 0 aromatic heterocycles. The van der Waals surface area contributed by atoms with E-state index in [4.69, 9.17) is 0 Å². The van der Waals surface area contributed by atoms with Gasteiger partial charge in [-0.1, -0.05) is 0 Å². The molecule has 1 amide bonds. The van der Waals surface area contributed by atoms with Gasteiger partial charge in [0.1, 0.15) is 0 Å². The van der Waals surface area contributed by atoms with Gasteiger partial charge in [0.25, 0.3) is 3.91 Å². The first-order valence-corrected chi connectivity index (χ1v) is 7.97. The van der Waals surface area contributed by atoms with E-state index in [1.165, 1.54) is 13.1 Å². The van der Waals surface area contributed by atoms with Crippen LogP contribution in [0, 0.1) is 0 Å². The molecular formula is C13H24IN3O. The highest BCUT2D eigenvalue weighted by molar-refractivity contribution is 14.1. The number of piperidine rings is 1. The summed E-state index contributed by atoms with van der Waals surface area (Å²) in [4.78, 5) is 18.4. The molecule has 0 bridgehead atoms. The summed E-state index contributed by atoms with van der Waals surface area (Å²) in [5.41, 5.74) is 0. The zero-order valence-electron chi connectivity index (χ0n) is 11.6. The summed E-state index contributed by atoms with van der Waals surface area (Å²) < 4.78 is 0.167. The zero-order valence-corrected chi connectivity index (χ0v) is 13.8. The van der Waals surface area contributed by atoms with Crippen molar-refractivity contribution in [2.45, 2.75) is 44.8 Å². The highest BCUT2D eigenvalue weighted by Gasteiger charge is 2.35. The standard InChI is InChI=1S/C13H24IN3O/c1-10(2)17-8-12(9-17)16-6-4-11(5-7-16)15(3)13(14)18/h10-12H,4-9H2,1-3H3. The second kappa shape index (κ2) is 6.05. The second-order valence-corrected chi connectivity index (χ2v) is 6.76. The van der Waals surface area contributed by atoms with Gasteiger partial charge in [0.15, 0.2) is 0 Å². The Kier molecular flexibility index (Phi) is 4.88. The van der Waals surface area contributed by atoms with Crippen molar-refractivity contribution in [3.63, 3.8) is 0 Å². The average Bonchev–Trinajstić information content (AvgIpc) is 2.26. The Morgan fingerprint density at radius 2 is 1.83 bits per heavy atom. The van der Waals surface area contributed by atoms with Gasteiger partial charge in [-0.05, 0) is 26.7 Å². The fourth-order valence-corrected chi connectivity index (χ4v) is 3.32. The number of nitrogens with zero attached hydrogens (tertiary/aromatic N) is 3. The molecule has 0 aromatic carbocycles. The Bertz CT molecular complexity index is 297. The first-order valence-electron chi connectivity index (χ1n) is 6.89. The van der Waals surface area contributed by atoms with Gasteiger partial charge in [-0.3, -0.25) is 14.6 Å². The summed E-state index contributed by atoms with van der Waals surface area (Å²) in [5.74, 6) is 0. The third kappa shape index (κ3) is 3.17. The van der Waals surface area contributed by atoms with E-state index < -0.39 is 0 Å². The van der Waals surface area contributed by atoms with Crippen LogP contribution >= 0.6 is 22.6 Å². The monoisotopic (exact) mass is 365 g/mol. The van der Waals surface area contributed by atoms with E-state index in [-0.39, 0.29) is 3.91 Å². The molecule has 0 N–H and O–H groups in total. The van der Waals surface area contributed by atoms with Crippen molar-refractivity contribution in [3.05, 3.63) is 0 Å². The number of hydrogen-bond donors (Lipinski definition) is 0. The number of hydrogen-bond acceptors (Lipinski definition) is 3. The van der Waals surface area contributed by atoms with Gasteiger partial charge in [-0.2, -0.15) is 0 Å². The van der Waals surface area contributed by atoms with Crippen LogP contribution in [0.5, 0.6) is 0 Å². The van der Waals surface area contributed by atoms with Crippen molar-refractivity contribution in [1.82, 2.24) is 14.7 Å². The van der Waals surface area contributed by atoms with E-state index in [1.54, 1.807) is 0 Å². The maximum atomic E-state index is 11.3. The molecule has 2 aliphatic rings. The Morgan fingerprint density at radius 3 is 2.28 bits per heavy atom. The second-order valence-electron chi connectivity index (χ2n) is 5.83. The number of carbonyl (C=O) groups is 1. The van der Waals surface area contributed by atoms with Crippen LogP contribution in [0.4, 0.5) is 4.79 Å². The van der Waals surface area contributed by atoms with Crippen molar-refractivity contribution in [2.24, 2.45) is 0 Å². The van der Waals surface area contributed by atoms with Gasteiger partial charge >= 0.3 is 0 Å². The molecule has 0 atom stereocenters. The molecule has 2 saturated heterocycles. The molecule has 2 rings (SSSR count). The van der Waals surface area contributed by atoms with Gasteiger partial charge in [-0.25, -0.2) is 0 Å². The smallest absolute Gasteiger partial charge is 0.283 e. The van der Waals surface area contributed by atoms with E-state index in [9.17, 15) is 4.79 Å². The number of rotatable bonds is 3. The summed E-state index contributed by atoms with van der Waals surface area (Å²) in [6.07, 6.45) is 2.26. The van der Waals surface area contributed by atoms with Crippen molar-refractivity contribution < 1.29 is 4.79 Å². The fourth-order valence-electron chi connectivity index (χ4n) is 2.92. The number of halogens is 1. The summed E-state index contributed by atoms with van der Waals surface area (Å²) in [5, 5.41) is 0. The van der Waals surface area contributed by atoms with Crippen LogP contribution in [0.15, 0.2) is 0 Å². The normalized spacial score (nSPS) is 24.3. The minimum atomic E-state index is 0.167. The summed E-state index contributed by atoms with van der Waals surface area (Å²) in [6.45, 7) is 9.28. The fraction of sp³-hybridized carbons (Fsp3) is 0.923. The van der Waals surface area contributed by atoms with E-state index in [0.29, 0.717) is 12.1 Å². The lowest BCUT2D eigenvalue weighted by Gasteiger charge is -2.49. The molecule has 0 spiro atoms. The van der Waals surface area contributed by atoms with Crippen LogP contribution in [-0.4, -0.2) is 70.0 Å². The first-order chi connectivity index (χ1) is 8.49.